The van der Waals surface area contributed by atoms with Crippen molar-refractivity contribution < 1.29 is 14.3 Å². The molecule has 1 amide bonds. The van der Waals surface area contributed by atoms with Crippen LogP contribution in [0.4, 0.5) is 5.69 Å². The van der Waals surface area contributed by atoms with Crippen molar-refractivity contribution in [2.24, 2.45) is 0 Å². The van der Waals surface area contributed by atoms with E-state index in [0.29, 0.717) is 45.3 Å². The third-order valence-corrected chi connectivity index (χ3v) is 7.99. The Balaban J connectivity index is 1.83. The summed E-state index contributed by atoms with van der Waals surface area (Å²) in [5, 5.41) is 13.5. The predicted octanol–water partition coefficient (Wildman–Crippen LogP) is 7.43. The average Bonchev–Trinajstić information content (AvgIpc) is 2.97. The van der Waals surface area contributed by atoms with Crippen LogP contribution in [0.3, 0.4) is 0 Å². The zero-order valence-electron chi connectivity index (χ0n) is 22.7. The summed E-state index contributed by atoms with van der Waals surface area (Å²) in [5.41, 5.74) is 6.27. The Morgan fingerprint density at radius 2 is 1.77 bits per heavy atom. The van der Waals surface area contributed by atoms with E-state index >= 15 is 0 Å². The number of aromatic nitrogens is 1. The summed E-state index contributed by atoms with van der Waals surface area (Å²) in [7, 11) is 3.19. The summed E-state index contributed by atoms with van der Waals surface area (Å²) in [6.07, 6.45) is 0.557. The highest BCUT2D eigenvalue weighted by atomic mass is 32.2. The van der Waals surface area contributed by atoms with E-state index in [-0.39, 0.29) is 5.91 Å². The van der Waals surface area contributed by atoms with Gasteiger partial charge in [-0.1, -0.05) is 61.2 Å². The first kappa shape index (κ1) is 27.7. The Bertz CT molecular complexity index is 1530. The van der Waals surface area contributed by atoms with Crippen LogP contribution in [-0.4, -0.2) is 30.4 Å². The SMILES string of the molecule is CCC(Sc1nc(-c2ccccc2)cc(-c2cc(OC)ccc2OC)c1C#N)C(=O)Nc1cccc(C)c1C. The van der Waals surface area contributed by atoms with Gasteiger partial charge in [-0.3, -0.25) is 4.79 Å². The van der Waals surface area contributed by atoms with E-state index in [9.17, 15) is 10.1 Å². The Morgan fingerprint density at radius 3 is 2.44 bits per heavy atom. The lowest BCUT2D eigenvalue weighted by Gasteiger charge is -2.19. The van der Waals surface area contributed by atoms with Crippen LogP contribution in [0.25, 0.3) is 22.4 Å². The minimum Gasteiger partial charge on any atom is -0.497 e. The molecule has 1 heterocycles. The third-order valence-electron chi connectivity index (χ3n) is 6.64. The normalized spacial score (nSPS) is 11.4. The number of nitriles is 1. The molecule has 0 aliphatic carbocycles. The van der Waals surface area contributed by atoms with Gasteiger partial charge in [-0.15, -0.1) is 0 Å². The van der Waals surface area contributed by atoms with Gasteiger partial charge in [-0.2, -0.15) is 5.26 Å². The number of ether oxygens (including phenoxy) is 2. The molecule has 0 aliphatic heterocycles. The molecule has 0 bridgehead atoms. The van der Waals surface area contributed by atoms with Gasteiger partial charge in [0.1, 0.15) is 22.6 Å². The monoisotopic (exact) mass is 537 g/mol. The van der Waals surface area contributed by atoms with Crippen LogP contribution in [0.5, 0.6) is 11.5 Å². The number of hydrogen-bond donors (Lipinski definition) is 1. The molecular formula is C32H31N3O3S. The number of anilines is 1. The molecule has 0 spiro atoms. The van der Waals surface area contributed by atoms with Gasteiger partial charge in [0.2, 0.25) is 5.91 Å². The molecular weight excluding hydrogens is 506 g/mol. The molecule has 7 heteroatoms. The minimum atomic E-state index is -0.462. The van der Waals surface area contributed by atoms with Crippen molar-refractivity contribution in [1.29, 1.82) is 5.26 Å². The molecule has 39 heavy (non-hydrogen) atoms. The summed E-state index contributed by atoms with van der Waals surface area (Å²) in [6, 6.07) is 25.4. The number of benzene rings is 3. The van der Waals surface area contributed by atoms with Crippen molar-refractivity contribution in [2.45, 2.75) is 37.5 Å². The number of rotatable bonds is 9. The third kappa shape index (κ3) is 6.08. The zero-order valence-corrected chi connectivity index (χ0v) is 23.6. The van der Waals surface area contributed by atoms with Crippen LogP contribution in [0.15, 0.2) is 77.8 Å². The average molecular weight is 538 g/mol. The fourth-order valence-electron chi connectivity index (χ4n) is 4.27. The topological polar surface area (TPSA) is 84.2 Å². The maximum absolute atomic E-state index is 13.4. The molecule has 1 aromatic heterocycles. The zero-order chi connectivity index (χ0) is 27.9. The number of methoxy groups -OCH3 is 2. The van der Waals surface area contributed by atoms with E-state index in [1.165, 1.54) is 11.8 Å². The molecule has 1 N–H and O–H groups in total. The number of amides is 1. The lowest BCUT2D eigenvalue weighted by molar-refractivity contribution is -0.115. The predicted molar refractivity (Wildman–Crippen MR) is 157 cm³/mol. The lowest BCUT2D eigenvalue weighted by atomic mass is 9.98. The van der Waals surface area contributed by atoms with Crippen LogP contribution in [0, 0.1) is 25.2 Å². The summed E-state index contributed by atoms with van der Waals surface area (Å²) in [6.45, 7) is 5.97. The summed E-state index contributed by atoms with van der Waals surface area (Å²) >= 11 is 1.30. The molecule has 1 unspecified atom stereocenters. The van der Waals surface area contributed by atoms with Gasteiger partial charge in [-0.25, -0.2) is 4.98 Å². The number of hydrogen-bond acceptors (Lipinski definition) is 6. The second kappa shape index (κ2) is 12.5. The molecule has 0 saturated heterocycles. The van der Waals surface area contributed by atoms with Gasteiger partial charge in [0, 0.05) is 22.4 Å². The number of carbonyl (C=O) groups excluding carboxylic acids is 1. The van der Waals surface area contributed by atoms with Crippen LogP contribution >= 0.6 is 11.8 Å². The number of aryl methyl sites for hydroxylation is 1. The van der Waals surface area contributed by atoms with Crippen LogP contribution < -0.4 is 14.8 Å². The Hall–Kier alpha value is -4.28. The Morgan fingerprint density at radius 1 is 1.00 bits per heavy atom. The van der Waals surface area contributed by atoms with Gasteiger partial charge in [0.25, 0.3) is 0 Å². The maximum Gasteiger partial charge on any atom is 0.237 e. The van der Waals surface area contributed by atoms with Crippen molar-refractivity contribution in [3.8, 4) is 40.0 Å². The van der Waals surface area contributed by atoms with Crippen molar-refractivity contribution in [1.82, 2.24) is 4.98 Å². The van der Waals surface area contributed by atoms with E-state index in [0.717, 1.165) is 22.4 Å². The van der Waals surface area contributed by atoms with E-state index in [1.54, 1.807) is 14.2 Å². The van der Waals surface area contributed by atoms with E-state index < -0.39 is 5.25 Å². The van der Waals surface area contributed by atoms with Crippen LogP contribution in [0.2, 0.25) is 0 Å². The van der Waals surface area contributed by atoms with E-state index in [4.69, 9.17) is 14.5 Å². The first-order chi connectivity index (χ1) is 18.9. The molecule has 0 aliphatic rings. The number of carbonyl (C=O) groups is 1. The first-order valence-corrected chi connectivity index (χ1v) is 13.5. The van der Waals surface area contributed by atoms with Crippen LogP contribution in [-0.2, 0) is 4.79 Å². The largest absolute Gasteiger partial charge is 0.497 e. The lowest BCUT2D eigenvalue weighted by Crippen LogP contribution is -2.25. The molecule has 3 aromatic carbocycles. The summed E-state index contributed by atoms with van der Waals surface area (Å²) < 4.78 is 11.1. The standard InChI is InChI=1S/C32H31N3O3S/c1-6-30(31(36)34-27-14-10-11-20(2)21(27)3)39-32-26(19-33)24(18-28(35-32)22-12-8-7-9-13-22)25-17-23(37-4)15-16-29(25)38-5/h7-18,30H,6H2,1-5H3,(H,34,36). The summed E-state index contributed by atoms with van der Waals surface area (Å²) in [4.78, 5) is 18.3. The Labute approximate surface area is 234 Å². The maximum atomic E-state index is 13.4. The van der Waals surface area contributed by atoms with Gasteiger partial charge >= 0.3 is 0 Å². The molecule has 1 atom stereocenters. The highest BCUT2D eigenvalue weighted by Crippen LogP contribution is 2.41. The minimum absolute atomic E-state index is 0.132. The summed E-state index contributed by atoms with van der Waals surface area (Å²) in [5.74, 6) is 1.11. The first-order valence-electron chi connectivity index (χ1n) is 12.7. The van der Waals surface area contributed by atoms with Gasteiger partial charge in [-0.05, 0) is 61.7 Å². The Kier molecular flexibility index (Phi) is 8.90. The highest BCUT2D eigenvalue weighted by molar-refractivity contribution is 8.00. The molecule has 0 fully saturated rings. The number of nitrogens with one attached hydrogen (secondary N) is 1. The van der Waals surface area contributed by atoms with Crippen molar-refractivity contribution in [2.75, 3.05) is 19.5 Å². The molecule has 4 rings (SSSR count). The molecule has 0 saturated carbocycles. The number of pyridine rings is 1. The van der Waals surface area contributed by atoms with Gasteiger partial charge < -0.3 is 14.8 Å². The van der Waals surface area contributed by atoms with E-state index in [2.05, 4.69) is 11.4 Å². The quantitative estimate of drug-likeness (QED) is 0.224. The van der Waals surface area contributed by atoms with E-state index in [1.807, 2.05) is 93.6 Å². The van der Waals surface area contributed by atoms with Gasteiger partial charge in [0.15, 0.2) is 0 Å². The number of thioether (sulfide) groups is 1. The second-order valence-electron chi connectivity index (χ2n) is 9.03. The molecule has 0 radical (unpaired) electrons. The highest BCUT2D eigenvalue weighted by Gasteiger charge is 2.25. The molecule has 6 nitrogen and oxygen atoms in total. The fraction of sp³-hybridized carbons (Fsp3) is 0.219. The number of nitrogens with zero attached hydrogens (tertiary/aromatic N) is 2. The second-order valence-corrected chi connectivity index (χ2v) is 10.2. The fourth-order valence-corrected chi connectivity index (χ4v) is 5.29. The van der Waals surface area contributed by atoms with Gasteiger partial charge in [0.05, 0.1) is 30.7 Å². The molecule has 4 aromatic rings. The smallest absolute Gasteiger partial charge is 0.237 e. The van der Waals surface area contributed by atoms with Crippen molar-refractivity contribution in [3.63, 3.8) is 0 Å². The van der Waals surface area contributed by atoms with Crippen LogP contribution in [0.1, 0.15) is 30.0 Å². The van der Waals surface area contributed by atoms with Crippen molar-refractivity contribution in [3.05, 3.63) is 89.5 Å². The molecule has 198 valence electrons. The van der Waals surface area contributed by atoms with Crippen molar-refractivity contribution >= 4 is 23.4 Å².